The second-order valence-corrected chi connectivity index (χ2v) is 10.2. The molecule has 1 aliphatic rings. The number of amides is 1. The summed E-state index contributed by atoms with van der Waals surface area (Å²) in [6.45, 7) is 5.95. The van der Waals surface area contributed by atoms with Gasteiger partial charge in [-0.2, -0.15) is 0 Å². The van der Waals surface area contributed by atoms with Crippen molar-refractivity contribution in [1.82, 2.24) is 0 Å². The largest absolute Gasteiger partial charge is 0.507 e. The number of benzene rings is 3. The van der Waals surface area contributed by atoms with E-state index in [1.807, 2.05) is 92.9 Å². The zero-order valence-corrected chi connectivity index (χ0v) is 21.4. The zero-order chi connectivity index (χ0) is 25.6. The van der Waals surface area contributed by atoms with Crippen LogP contribution in [0.5, 0.6) is 5.75 Å². The first kappa shape index (κ1) is 23.8. The third-order valence-corrected chi connectivity index (χ3v) is 7.66. The van der Waals surface area contributed by atoms with E-state index in [9.17, 15) is 14.7 Å². The van der Waals surface area contributed by atoms with Gasteiger partial charge in [-0.05, 0) is 59.0 Å². The number of nitrogens with zero attached hydrogens (tertiary/aromatic N) is 1. The van der Waals surface area contributed by atoms with Crippen LogP contribution in [0.25, 0.3) is 16.5 Å². The Morgan fingerprint density at radius 1 is 1.03 bits per heavy atom. The van der Waals surface area contributed by atoms with Crippen LogP contribution in [0.2, 0.25) is 0 Å². The van der Waals surface area contributed by atoms with Crippen LogP contribution in [0.15, 0.2) is 77.7 Å². The molecular formula is C30H27NO4S. The predicted molar refractivity (Wildman–Crippen MR) is 145 cm³/mol. The molecule has 2 heterocycles. The Morgan fingerprint density at radius 3 is 2.47 bits per heavy atom. The van der Waals surface area contributed by atoms with Crippen molar-refractivity contribution in [2.45, 2.75) is 32.7 Å². The third-order valence-electron chi connectivity index (χ3n) is 6.74. The number of hydrogen-bond acceptors (Lipinski definition) is 5. The second kappa shape index (κ2) is 9.28. The highest BCUT2D eigenvalue weighted by Crippen LogP contribution is 2.46. The van der Waals surface area contributed by atoms with E-state index in [4.69, 9.17) is 4.74 Å². The average molecular weight is 498 g/mol. The molecule has 1 aromatic heterocycles. The fraction of sp³-hybridized carbons (Fsp3) is 0.200. The second-order valence-electron chi connectivity index (χ2n) is 9.25. The van der Waals surface area contributed by atoms with E-state index in [0.29, 0.717) is 11.3 Å². The molecule has 182 valence electrons. The summed E-state index contributed by atoms with van der Waals surface area (Å²) >= 11 is 1.45. The molecular weight excluding hydrogens is 470 g/mol. The Kier molecular flexibility index (Phi) is 6.14. The average Bonchev–Trinajstić information content (AvgIpc) is 3.49. The molecule has 1 amide bonds. The van der Waals surface area contributed by atoms with Crippen LogP contribution in [-0.2, 0) is 9.59 Å². The molecule has 0 bridgehead atoms. The van der Waals surface area contributed by atoms with Crippen molar-refractivity contribution < 1.29 is 19.4 Å². The number of ether oxygens (including phenoxy) is 1. The van der Waals surface area contributed by atoms with Crippen LogP contribution >= 0.6 is 11.3 Å². The number of fused-ring (bicyclic) bond motifs is 1. The lowest BCUT2D eigenvalue weighted by molar-refractivity contribution is -0.132. The number of ketones is 1. The first-order valence-corrected chi connectivity index (χ1v) is 12.7. The SMILES string of the molecule is COc1cc(C)c(/C(O)=C2\C(=O)C(=O)N(c3cccc4ccccc34)C2c2cccs2)cc1C(C)C. The summed E-state index contributed by atoms with van der Waals surface area (Å²) in [7, 11) is 1.62. The molecule has 1 N–H and O–H groups in total. The lowest BCUT2D eigenvalue weighted by Crippen LogP contribution is -2.29. The van der Waals surface area contributed by atoms with E-state index in [1.54, 1.807) is 7.11 Å². The van der Waals surface area contributed by atoms with Gasteiger partial charge in [0.05, 0.1) is 18.4 Å². The summed E-state index contributed by atoms with van der Waals surface area (Å²) in [5, 5.41) is 15.4. The van der Waals surface area contributed by atoms with E-state index in [2.05, 4.69) is 0 Å². The Labute approximate surface area is 214 Å². The molecule has 6 heteroatoms. The highest BCUT2D eigenvalue weighted by Gasteiger charge is 2.48. The maximum absolute atomic E-state index is 13.6. The van der Waals surface area contributed by atoms with E-state index >= 15 is 0 Å². The molecule has 0 saturated carbocycles. The topological polar surface area (TPSA) is 66.8 Å². The molecule has 0 aliphatic carbocycles. The van der Waals surface area contributed by atoms with Crippen molar-refractivity contribution in [1.29, 1.82) is 0 Å². The van der Waals surface area contributed by atoms with E-state index < -0.39 is 17.7 Å². The summed E-state index contributed by atoms with van der Waals surface area (Å²) in [6.07, 6.45) is 0. The molecule has 0 radical (unpaired) electrons. The fourth-order valence-electron chi connectivity index (χ4n) is 4.94. The van der Waals surface area contributed by atoms with Crippen LogP contribution in [0.4, 0.5) is 5.69 Å². The van der Waals surface area contributed by atoms with Crippen molar-refractivity contribution in [2.75, 3.05) is 12.0 Å². The monoisotopic (exact) mass is 497 g/mol. The lowest BCUT2D eigenvalue weighted by Gasteiger charge is -2.25. The standard InChI is InChI=1S/C30H27NO4S/c1-17(2)21-16-22(18(3)15-24(21)35-4)28(32)26-27(25-13-8-14-36-25)31(30(34)29(26)33)23-12-7-10-19-9-5-6-11-20(19)23/h5-17,27,32H,1-4H3/b28-26+. The van der Waals surface area contributed by atoms with Crippen molar-refractivity contribution in [3.05, 3.63) is 99.3 Å². The highest BCUT2D eigenvalue weighted by atomic mass is 32.1. The maximum Gasteiger partial charge on any atom is 0.300 e. The number of hydrogen-bond donors (Lipinski definition) is 1. The van der Waals surface area contributed by atoms with Gasteiger partial charge in [-0.15, -0.1) is 11.3 Å². The number of methoxy groups -OCH3 is 1. The predicted octanol–water partition coefficient (Wildman–Crippen LogP) is 6.97. The molecule has 1 unspecified atom stereocenters. The minimum Gasteiger partial charge on any atom is -0.507 e. The molecule has 1 atom stereocenters. The smallest absolute Gasteiger partial charge is 0.300 e. The summed E-state index contributed by atoms with van der Waals surface area (Å²) in [5.41, 5.74) is 2.94. The maximum atomic E-state index is 13.6. The lowest BCUT2D eigenvalue weighted by atomic mass is 9.92. The van der Waals surface area contributed by atoms with Gasteiger partial charge in [-0.3, -0.25) is 14.5 Å². The number of thiophene rings is 1. The summed E-state index contributed by atoms with van der Waals surface area (Å²) in [4.78, 5) is 29.5. The van der Waals surface area contributed by atoms with Crippen molar-refractivity contribution in [3.63, 3.8) is 0 Å². The highest BCUT2D eigenvalue weighted by molar-refractivity contribution is 7.10. The number of carbonyl (C=O) groups is 2. The summed E-state index contributed by atoms with van der Waals surface area (Å²) in [5.74, 6) is -0.651. The van der Waals surface area contributed by atoms with Crippen molar-refractivity contribution >= 4 is 45.2 Å². The van der Waals surface area contributed by atoms with Crippen molar-refractivity contribution in [3.8, 4) is 5.75 Å². The van der Waals surface area contributed by atoms with Gasteiger partial charge >= 0.3 is 0 Å². The number of anilines is 1. The van der Waals surface area contributed by atoms with Crippen LogP contribution in [0.3, 0.4) is 0 Å². The van der Waals surface area contributed by atoms with E-state index in [0.717, 1.165) is 32.5 Å². The van der Waals surface area contributed by atoms with Crippen LogP contribution in [-0.4, -0.2) is 23.9 Å². The Morgan fingerprint density at radius 2 is 1.78 bits per heavy atom. The molecule has 5 nitrogen and oxygen atoms in total. The third kappa shape index (κ3) is 3.78. The molecule has 1 saturated heterocycles. The molecule has 36 heavy (non-hydrogen) atoms. The number of rotatable bonds is 5. The molecule has 1 fully saturated rings. The Bertz CT molecular complexity index is 1510. The molecule has 4 aromatic rings. The molecule has 5 rings (SSSR count). The number of aryl methyl sites for hydroxylation is 1. The van der Waals surface area contributed by atoms with Crippen LogP contribution in [0.1, 0.15) is 47.4 Å². The van der Waals surface area contributed by atoms with Gasteiger partial charge in [0.2, 0.25) is 0 Å². The van der Waals surface area contributed by atoms with E-state index in [-0.39, 0.29) is 17.3 Å². The van der Waals surface area contributed by atoms with Crippen LogP contribution < -0.4 is 9.64 Å². The number of Topliss-reactive ketones (excluding diaryl/α,β-unsaturated/α-hetero) is 1. The van der Waals surface area contributed by atoms with E-state index in [1.165, 1.54) is 16.2 Å². The number of aliphatic hydroxyl groups is 1. The minimum atomic E-state index is -0.736. The Hall–Kier alpha value is -3.90. The van der Waals surface area contributed by atoms with Gasteiger partial charge in [0, 0.05) is 15.8 Å². The van der Waals surface area contributed by atoms with Gasteiger partial charge in [-0.25, -0.2) is 0 Å². The minimum absolute atomic E-state index is 0.0957. The first-order chi connectivity index (χ1) is 17.3. The molecule has 3 aromatic carbocycles. The molecule has 1 aliphatic heterocycles. The number of carbonyl (C=O) groups excluding carboxylic acids is 2. The Balaban J connectivity index is 1.77. The van der Waals surface area contributed by atoms with Gasteiger partial charge in [0.25, 0.3) is 11.7 Å². The summed E-state index contributed by atoms with van der Waals surface area (Å²) in [6, 6.07) is 20.3. The quantitative estimate of drug-likeness (QED) is 0.184. The fourth-order valence-corrected chi connectivity index (χ4v) is 5.77. The van der Waals surface area contributed by atoms with Gasteiger partial charge in [0.1, 0.15) is 17.6 Å². The first-order valence-electron chi connectivity index (χ1n) is 11.8. The zero-order valence-electron chi connectivity index (χ0n) is 20.6. The van der Waals surface area contributed by atoms with Gasteiger partial charge in [-0.1, -0.05) is 56.3 Å². The van der Waals surface area contributed by atoms with Gasteiger partial charge < -0.3 is 9.84 Å². The summed E-state index contributed by atoms with van der Waals surface area (Å²) < 4.78 is 5.56. The number of aliphatic hydroxyl groups excluding tert-OH is 1. The van der Waals surface area contributed by atoms with Gasteiger partial charge in [0.15, 0.2) is 0 Å². The van der Waals surface area contributed by atoms with Crippen molar-refractivity contribution in [2.24, 2.45) is 0 Å². The normalized spacial score (nSPS) is 17.4. The van der Waals surface area contributed by atoms with Crippen LogP contribution in [0, 0.1) is 6.92 Å². The molecule has 0 spiro atoms.